The largest absolute Gasteiger partial charge is 0.303 e. The fourth-order valence-electron chi connectivity index (χ4n) is 2.01. The molecule has 0 aliphatic carbocycles. The van der Waals surface area contributed by atoms with Crippen molar-refractivity contribution < 1.29 is 4.79 Å². The minimum absolute atomic E-state index is 0.758. The molecule has 0 amide bonds. The van der Waals surface area contributed by atoms with Gasteiger partial charge in [0.05, 0.1) is 0 Å². The van der Waals surface area contributed by atoms with Crippen molar-refractivity contribution in [1.82, 2.24) is 0 Å². The zero-order valence-corrected chi connectivity index (χ0v) is 9.93. The van der Waals surface area contributed by atoms with E-state index < -0.39 is 0 Å². The molecule has 1 heteroatoms. The number of aldehydes is 1. The van der Waals surface area contributed by atoms with Gasteiger partial charge in [-0.1, -0.05) is 58.8 Å². The van der Waals surface area contributed by atoms with Gasteiger partial charge in [0.15, 0.2) is 0 Å². The fraction of sp³-hybridized carbons (Fsp3) is 0.923. The van der Waals surface area contributed by atoms with Gasteiger partial charge in [-0.3, -0.25) is 0 Å². The van der Waals surface area contributed by atoms with E-state index in [0.717, 1.165) is 25.0 Å². The van der Waals surface area contributed by atoms with Crippen molar-refractivity contribution in [2.45, 2.75) is 71.6 Å². The molecule has 1 atom stereocenters. The number of unbranched alkanes of at least 4 members (excludes halogenated alkanes) is 3. The molecule has 0 saturated carbocycles. The van der Waals surface area contributed by atoms with E-state index in [4.69, 9.17) is 0 Å². The van der Waals surface area contributed by atoms with Crippen LogP contribution in [0.25, 0.3) is 0 Å². The Morgan fingerprint density at radius 3 is 2.21 bits per heavy atom. The maximum Gasteiger partial charge on any atom is 0.119 e. The molecule has 0 radical (unpaired) electrons. The van der Waals surface area contributed by atoms with Crippen LogP contribution in [0.3, 0.4) is 0 Å². The van der Waals surface area contributed by atoms with E-state index in [2.05, 4.69) is 13.8 Å². The molecule has 0 spiro atoms. The lowest BCUT2D eigenvalue weighted by Crippen LogP contribution is -2.00. The Hall–Kier alpha value is -0.330. The van der Waals surface area contributed by atoms with Crippen LogP contribution in [-0.4, -0.2) is 6.29 Å². The minimum Gasteiger partial charge on any atom is -0.303 e. The predicted molar refractivity (Wildman–Crippen MR) is 62.5 cm³/mol. The van der Waals surface area contributed by atoms with E-state index in [-0.39, 0.29) is 0 Å². The number of rotatable bonds is 10. The third-order valence-electron chi connectivity index (χ3n) is 2.85. The average Bonchev–Trinajstić information content (AvgIpc) is 2.18. The molecular weight excluding hydrogens is 172 g/mol. The fourth-order valence-corrected chi connectivity index (χ4v) is 2.01. The van der Waals surface area contributed by atoms with E-state index in [1.807, 2.05) is 0 Å². The molecular formula is C13H26O. The number of carbonyl (C=O) groups is 1. The summed E-state index contributed by atoms with van der Waals surface area (Å²) in [7, 11) is 0. The minimum atomic E-state index is 0.758. The zero-order valence-electron chi connectivity index (χ0n) is 9.93. The molecule has 0 aliphatic heterocycles. The quantitative estimate of drug-likeness (QED) is 0.377. The van der Waals surface area contributed by atoms with Gasteiger partial charge in [0.1, 0.15) is 6.29 Å². The van der Waals surface area contributed by atoms with Crippen LogP contribution in [0.4, 0.5) is 0 Å². The van der Waals surface area contributed by atoms with Crippen LogP contribution in [0.1, 0.15) is 71.6 Å². The smallest absolute Gasteiger partial charge is 0.119 e. The molecule has 0 saturated heterocycles. The van der Waals surface area contributed by atoms with Gasteiger partial charge >= 0.3 is 0 Å². The van der Waals surface area contributed by atoms with E-state index in [0.29, 0.717) is 0 Å². The second-order valence-corrected chi connectivity index (χ2v) is 4.25. The lowest BCUT2D eigenvalue weighted by atomic mass is 9.91. The van der Waals surface area contributed by atoms with Crippen LogP contribution in [-0.2, 0) is 4.79 Å². The highest BCUT2D eigenvalue weighted by Gasteiger charge is 2.06. The first-order valence-electron chi connectivity index (χ1n) is 6.28. The molecule has 14 heavy (non-hydrogen) atoms. The highest BCUT2D eigenvalue weighted by Crippen LogP contribution is 2.21. The summed E-state index contributed by atoms with van der Waals surface area (Å²) in [4.78, 5) is 10.2. The number of hydrogen-bond donors (Lipinski definition) is 0. The Morgan fingerprint density at radius 1 is 0.929 bits per heavy atom. The van der Waals surface area contributed by atoms with Crippen LogP contribution in [0, 0.1) is 5.92 Å². The standard InChI is InChI=1S/C13H26O/c1-3-5-6-10-13(9-4-2)11-7-8-12-14/h12-13H,3-11H2,1-2H3. The summed E-state index contributed by atoms with van der Waals surface area (Å²) in [5.74, 6) is 0.881. The van der Waals surface area contributed by atoms with E-state index in [1.165, 1.54) is 44.9 Å². The van der Waals surface area contributed by atoms with Crippen molar-refractivity contribution in [2.24, 2.45) is 5.92 Å². The van der Waals surface area contributed by atoms with Crippen molar-refractivity contribution in [3.8, 4) is 0 Å². The molecule has 0 aromatic rings. The van der Waals surface area contributed by atoms with Gasteiger partial charge in [-0.05, 0) is 12.3 Å². The summed E-state index contributed by atoms with van der Waals surface area (Å²) in [6, 6.07) is 0. The molecule has 1 nitrogen and oxygen atoms in total. The third kappa shape index (κ3) is 8.28. The van der Waals surface area contributed by atoms with Crippen molar-refractivity contribution in [1.29, 1.82) is 0 Å². The Balaban J connectivity index is 3.48. The summed E-state index contributed by atoms with van der Waals surface area (Å²) < 4.78 is 0. The Labute approximate surface area is 89.3 Å². The molecule has 0 heterocycles. The second-order valence-electron chi connectivity index (χ2n) is 4.25. The maximum absolute atomic E-state index is 10.2. The Bertz CT molecular complexity index is 120. The first-order valence-corrected chi connectivity index (χ1v) is 6.28. The average molecular weight is 198 g/mol. The van der Waals surface area contributed by atoms with E-state index in [9.17, 15) is 4.79 Å². The Morgan fingerprint density at radius 2 is 1.64 bits per heavy atom. The van der Waals surface area contributed by atoms with Gasteiger partial charge in [-0.2, -0.15) is 0 Å². The van der Waals surface area contributed by atoms with Crippen molar-refractivity contribution in [3.63, 3.8) is 0 Å². The monoisotopic (exact) mass is 198 g/mol. The molecule has 0 fully saturated rings. The van der Waals surface area contributed by atoms with Crippen molar-refractivity contribution in [2.75, 3.05) is 0 Å². The molecule has 84 valence electrons. The molecule has 0 N–H and O–H groups in total. The van der Waals surface area contributed by atoms with Gasteiger partial charge in [0, 0.05) is 6.42 Å². The van der Waals surface area contributed by atoms with Gasteiger partial charge < -0.3 is 4.79 Å². The Kier molecular flexibility index (Phi) is 10.5. The summed E-state index contributed by atoms with van der Waals surface area (Å²) in [6.45, 7) is 4.51. The van der Waals surface area contributed by atoms with Gasteiger partial charge in [-0.15, -0.1) is 0 Å². The molecule has 0 aromatic heterocycles. The van der Waals surface area contributed by atoms with Gasteiger partial charge in [0.2, 0.25) is 0 Å². The van der Waals surface area contributed by atoms with Crippen molar-refractivity contribution in [3.05, 3.63) is 0 Å². The molecule has 0 aliphatic rings. The topological polar surface area (TPSA) is 17.1 Å². The van der Waals surface area contributed by atoms with Crippen LogP contribution in [0.15, 0.2) is 0 Å². The van der Waals surface area contributed by atoms with Gasteiger partial charge in [-0.25, -0.2) is 0 Å². The zero-order chi connectivity index (χ0) is 10.6. The molecule has 0 rings (SSSR count). The lowest BCUT2D eigenvalue weighted by molar-refractivity contribution is -0.108. The van der Waals surface area contributed by atoms with Crippen LogP contribution in [0.2, 0.25) is 0 Å². The number of carbonyl (C=O) groups excluding carboxylic acids is 1. The normalized spacial score (nSPS) is 12.7. The summed E-state index contributed by atoms with van der Waals surface area (Å²) >= 11 is 0. The van der Waals surface area contributed by atoms with E-state index >= 15 is 0 Å². The predicted octanol–water partition coefficient (Wildman–Crippen LogP) is 4.35. The lowest BCUT2D eigenvalue weighted by Gasteiger charge is -2.14. The van der Waals surface area contributed by atoms with E-state index in [1.54, 1.807) is 0 Å². The number of hydrogen-bond acceptors (Lipinski definition) is 1. The molecule has 0 aromatic carbocycles. The maximum atomic E-state index is 10.2. The first kappa shape index (κ1) is 13.7. The highest BCUT2D eigenvalue weighted by atomic mass is 16.1. The van der Waals surface area contributed by atoms with Crippen molar-refractivity contribution >= 4 is 6.29 Å². The summed E-state index contributed by atoms with van der Waals surface area (Å²) in [6.07, 6.45) is 12.2. The summed E-state index contributed by atoms with van der Waals surface area (Å²) in [5.41, 5.74) is 0. The third-order valence-corrected chi connectivity index (χ3v) is 2.85. The van der Waals surface area contributed by atoms with Crippen LogP contribution in [0.5, 0.6) is 0 Å². The highest BCUT2D eigenvalue weighted by molar-refractivity contribution is 5.48. The van der Waals surface area contributed by atoms with Crippen LogP contribution >= 0.6 is 0 Å². The molecule has 0 bridgehead atoms. The van der Waals surface area contributed by atoms with Crippen LogP contribution < -0.4 is 0 Å². The summed E-state index contributed by atoms with van der Waals surface area (Å²) in [5, 5.41) is 0. The first-order chi connectivity index (χ1) is 6.85. The molecule has 1 unspecified atom stereocenters. The SMILES string of the molecule is CCCCCC(CCC)CCCC=O. The second kappa shape index (κ2) is 10.7. The van der Waals surface area contributed by atoms with Gasteiger partial charge in [0.25, 0.3) is 0 Å².